The summed E-state index contributed by atoms with van der Waals surface area (Å²) in [7, 11) is 0. The first-order valence-electron chi connectivity index (χ1n) is 11.6. The lowest BCUT2D eigenvalue weighted by Gasteiger charge is -2.15. The van der Waals surface area contributed by atoms with Crippen LogP contribution in [0.1, 0.15) is 50.2 Å². The molecule has 0 radical (unpaired) electrons. The quantitative estimate of drug-likeness (QED) is 0.352. The van der Waals surface area contributed by atoms with Crippen molar-refractivity contribution in [2.75, 3.05) is 17.2 Å². The van der Waals surface area contributed by atoms with Crippen molar-refractivity contribution in [2.24, 2.45) is 0 Å². The van der Waals surface area contributed by atoms with E-state index >= 15 is 0 Å². The largest absolute Gasteiger partial charge is 0.462 e. The van der Waals surface area contributed by atoms with Crippen LogP contribution in [-0.4, -0.2) is 38.2 Å². The number of esters is 1. The number of hydrogen-bond donors (Lipinski definition) is 2. The van der Waals surface area contributed by atoms with E-state index in [0.29, 0.717) is 11.3 Å². The van der Waals surface area contributed by atoms with E-state index in [2.05, 4.69) is 25.7 Å². The Kier molecular flexibility index (Phi) is 7.10. The third kappa shape index (κ3) is 5.25. The molecule has 0 atom stereocenters. The zero-order valence-electron chi connectivity index (χ0n) is 20.9. The molecule has 0 spiro atoms. The number of benzene rings is 2. The Morgan fingerprint density at radius 1 is 0.972 bits per heavy atom. The second kappa shape index (κ2) is 10.4. The van der Waals surface area contributed by atoms with Crippen molar-refractivity contribution >= 4 is 29.1 Å². The Labute approximate surface area is 209 Å². The van der Waals surface area contributed by atoms with Crippen molar-refractivity contribution in [3.8, 4) is 5.95 Å². The number of hydrogen-bond acceptors (Lipinski definition) is 7. The van der Waals surface area contributed by atoms with Crippen LogP contribution in [0.4, 0.5) is 17.2 Å². The third-order valence-electron chi connectivity index (χ3n) is 5.54. The Morgan fingerprint density at radius 3 is 2.47 bits per heavy atom. The van der Waals surface area contributed by atoms with E-state index in [4.69, 9.17) is 4.74 Å². The van der Waals surface area contributed by atoms with Gasteiger partial charge in [0.2, 0.25) is 0 Å². The number of aromatic nitrogens is 4. The first kappa shape index (κ1) is 24.6. The highest BCUT2D eigenvalue weighted by atomic mass is 16.5. The number of carbonyl (C=O) groups is 2. The zero-order valence-corrected chi connectivity index (χ0v) is 20.9. The highest BCUT2D eigenvalue weighted by Gasteiger charge is 2.20. The van der Waals surface area contributed by atoms with Crippen LogP contribution in [0.2, 0.25) is 0 Å². The minimum atomic E-state index is -0.572. The van der Waals surface area contributed by atoms with Crippen molar-refractivity contribution in [3.05, 3.63) is 88.4 Å². The van der Waals surface area contributed by atoms with Crippen LogP contribution >= 0.6 is 0 Å². The van der Waals surface area contributed by atoms with Gasteiger partial charge in [-0.05, 0) is 70.0 Å². The summed E-state index contributed by atoms with van der Waals surface area (Å²) in [5, 5.41) is 10.6. The highest BCUT2D eigenvalue weighted by molar-refractivity contribution is 6.09. The van der Waals surface area contributed by atoms with Gasteiger partial charge in [-0.2, -0.15) is 10.1 Å². The van der Waals surface area contributed by atoms with Crippen molar-refractivity contribution in [1.29, 1.82) is 0 Å². The van der Waals surface area contributed by atoms with E-state index in [-0.39, 0.29) is 29.8 Å². The lowest BCUT2D eigenvalue weighted by molar-refractivity contribution is 0.0526. The van der Waals surface area contributed by atoms with Crippen LogP contribution < -0.4 is 10.6 Å². The van der Waals surface area contributed by atoms with E-state index in [1.165, 1.54) is 6.20 Å². The number of carbonyl (C=O) groups excluding carboxylic acids is 2. The number of para-hydroxylation sites is 1. The monoisotopic (exact) mass is 484 g/mol. The van der Waals surface area contributed by atoms with E-state index < -0.39 is 5.97 Å². The third-order valence-corrected chi connectivity index (χ3v) is 5.54. The lowest BCUT2D eigenvalue weighted by atomic mass is 10.1. The molecule has 2 aromatic carbocycles. The van der Waals surface area contributed by atoms with E-state index in [1.807, 2.05) is 52.0 Å². The van der Waals surface area contributed by atoms with E-state index in [1.54, 1.807) is 35.9 Å². The van der Waals surface area contributed by atoms with Gasteiger partial charge in [0.25, 0.3) is 11.9 Å². The highest BCUT2D eigenvalue weighted by Crippen LogP contribution is 2.25. The molecular formula is C27H28N6O3. The molecule has 0 unspecified atom stereocenters. The average Bonchev–Trinajstić information content (AvgIpc) is 3.19. The predicted molar refractivity (Wildman–Crippen MR) is 138 cm³/mol. The van der Waals surface area contributed by atoms with Crippen molar-refractivity contribution in [2.45, 2.75) is 34.6 Å². The molecule has 0 saturated carbocycles. The molecule has 4 rings (SSSR count). The van der Waals surface area contributed by atoms with Gasteiger partial charge in [0, 0.05) is 17.6 Å². The second-order valence-corrected chi connectivity index (χ2v) is 8.43. The van der Waals surface area contributed by atoms with Crippen LogP contribution in [0.25, 0.3) is 5.95 Å². The summed E-state index contributed by atoms with van der Waals surface area (Å²) in [6.45, 7) is 9.60. The normalized spacial score (nSPS) is 10.7. The van der Waals surface area contributed by atoms with E-state index in [0.717, 1.165) is 28.2 Å². The van der Waals surface area contributed by atoms with Crippen molar-refractivity contribution < 1.29 is 14.3 Å². The number of ether oxygens (including phenoxy) is 1. The molecule has 0 bridgehead atoms. The minimum absolute atomic E-state index is 0.145. The maximum atomic E-state index is 13.3. The van der Waals surface area contributed by atoms with Gasteiger partial charge in [0.05, 0.1) is 23.6 Å². The standard InChI is InChI=1S/C27H28N6O3/c1-6-36-26(35)21-15-28-27(33-19(5)14-18(4)32-33)31-24(21)29-22-10-8-7-9-20(22)25(34)30-23-13-16(2)11-12-17(23)3/h7-15H,6H2,1-5H3,(H,30,34)(H,28,29,31). The fraction of sp³-hybridized carbons (Fsp3) is 0.222. The van der Waals surface area contributed by atoms with Crippen LogP contribution in [0.5, 0.6) is 0 Å². The predicted octanol–water partition coefficient (Wildman–Crippen LogP) is 5.07. The van der Waals surface area contributed by atoms with Gasteiger partial charge in [0.15, 0.2) is 5.82 Å². The number of nitrogens with one attached hydrogen (secondary N) is 2. The molecule has 2 N–H and O–H groups in total. The molecule has 36 heavy (non-hydrogen) atoms. The van der Waals surface area contributed by atoms with Crippen LogP contribution in [0.3, 0.4) is 0 Å². The molecule has 0 aliphatic carbocycles. The summed E-state index contributed by atoms with van der Waals surface area (Å²) in [5.41, 5.74) is 5.39. The topological polar surface area (TPSA) is 111 Å². The number of aryl methyl sites for hydroxylation is 4. The molecule has 9 nitrogen and oxygen atoms in total. The fourth-order valence-electron chi connectivity index (χ4n) is 3.74. The zero-order chi connectivity index (χ0) is 25.8. The Hall–Kier alpha value is -4.53. The van der Waals surface area contributed by atoms with Crippen molar-refractivity contribution in [3.63, 3.8) is 0 Å². The maximum Gasteiger partial charge on any atom is 0.343 e. The minimum Gasteiger partial charge on any atom is -0.462 e. The first-order chi connectivity index (χ1) is 17.3. The molecule has 0 fully saturated rings. The van der Waals surface area contributed by atoms with E-state index in [9.17, 15) is 9.59 Å². The summed E-state index contributed by atoms with van der Waals surface area (Å²) in [4.78, 5) is 34.8. The SMILES string of the molecule is CCOC(=O)c1cnc(-n2nc(C)cc2C)nc1Nc1ccccc1C(=O)Nc1cc(C)ccc1C. The molecule has 0 aliphatic rings. The number of anilines is 3. The molecule has 0 aliphatic heterocycles. The smallest absolute Gasteiger partial charge is 0.343 e. The van der Waals surface area contributed by atoms with Gasteiger partial charge in [-0.3, -0.25) is 4.79 Å². The maximum absolute atomic E-state index is 13.3. The number of amides is 1. The molecular weight excluding hydrogens is 456 g/mol. The Balaban J connectivity index is 1.73. The average molecular weight is 485 g/mol. The summed E-state index contributed by atoms with van der Waals surface area (Å²) < 4.78 is 6.79. The Bertz CT molecular complexity index is 1440. The van der Waals surface area contributed by atoms with Crippen molar-refractivity contribution in [1.82, 2.24) is 19.7 Å². The molecule has 1 amide bonds. The molecule has 2 heterocycles. The van der Waals surface area contributed by atoms with Gasteiger partial charge in [-0.25, -0.2) is 14.5 Å². The lowest BCUT2D eigenvalue weighted by Crippen LogP contribution is -2.17. The summed E-state index contributed by atoms with van der Waals surface area (Å²) >= 11 is 0. The molecule has 2 aromatic heterocycles. The van der Waals surface area contributed by atoms with Gasteiger partial charge < -0.3 is 15.4 Å². The second-order valence-electron chi connectivity index (χ2n) is 8.43. The van der Waals surface area contributed by atoms with Gasteiger partial charge in [-0.15, -0.1) is 0 Å². The van der Waals surface area contributed by atoms with Gasteiger partial charge >= 0.3 is 5.97 Å². The molecule has 4 aromatic rings. The van der Waals surface area contributed by atoms with Crippen LogP contribution in [-0.2, 0) is 4.74 Å². The fourth-order valence-corrected chi connectivity index (χ4v) is 3.74. The van der Waals surface area contributed by atoms with Crippen LogP contribution in [0, 0.1) is 27.7 Å². The van der Waals surface area contributed by atoms with Gasteiger partial charge in [0.1, 0.15) is 5.56 Å². The number of nitrogens with zero attached hydrogens (tertiary/aromatic N) is 4. The summed E-state index contributed by atoms with van der Waals surface area (Å²) in [6.07, 6.45) is 1.40. The molecule has 0 saturated heterocycles. The van der Waals surface area contributed by atoms with Gasteiger partial charge in [-0.1, -0.05) is 24.3 Å². The first-order valence-corrected chi connectivity index (χ1v) is 11.6. The molecule has 184 valence electrons. The molecule has 9 heteroatoms. The Morgan fingerprint density at radius 2 is 1.75 bits per heavy atom. The van der Waals surface area contributed by atoms with Crippen LogP contribution in [0.15, 0.2) is 54.7 Å². The summed E-state index contributed by atoms with van der Waals surface area (Å²) in [6, 6.07) is 14.8. The summed E-state index contributed by atoms with van der Waals surface area (Å²) in [5.74, 6) is -0.374. The number of rotatable bonds is 7.